The van der Waals surface area contributed by atoms with Crippen molar-refractivity contribution in [3.63, 3.8) is 0 Å². The fourth-order valence-electron chi connectivity index (χ4n) is 6.25. The predicted octanol–water partition coefficient (Wildman–Crippen LogP) is 6.72. The van der Waals surface area contributed by atoms with Crippen LogP contribution in [0.25, 0.3) is 21.8 Å². The van der Waals surface area contributed by atoms with Crippen molar-refractivity contribution in [1.29, 1.82) is 0 Å². The Kier molecular flexibility index (Phi) is 4.50. The Balaban J connectivity index is 1.72. The molecule has 2 unspecified atom stereocenters. The van der Waals surface area contributed by atoms with Gasteiger partial charge in [-0.1, -0.05) is 48.2 Å². The van der Waals surface area contributed by atoms with E-state index in [1.807, 2.05) is 12.5 Å². The van der Waals surface area contributed by atoms with Crippen LogP contribution < -0.4 is 0 Å². The van der Waals surface area contributed by atoms with Crippen LogP contribution in [0.2, 0.25) is 0 Å². The lowest BCUT2D eigenvalue weighted by Gasteiger charge is -2.32. The summed E-state index contributed by atoms with van der Waals surface area (Å²) in [7, 11) is 0. The standard InChI is InChI=1S/C32H22N2O2/c1-3-15-33-25-11-7-5-9-23(25)29-28(22-14-18-36-20-22)32-30(27(31(29)33)21-13-17-35-19-21)24-10-6-8-12-26(24)34(32)16-4-2/h1-2,5-14,17-20,27-28H,15-16H2. The first-order valence-electron chi connectivity index (χ1n) is 12.0. The highest BCUT2D eigenvalue weighted by Crippen LogP contribution is 2.55. The smallest absolute Gasteiger partial charge is 0.0944 e. The van der Waals surface area contributed by atoms with Gasteiger partial charge in [0.25, 0.3) is 0 Å². The molecule has 0 amide bonds. The van der Waals surface area contributed by atoms with Crippen LogP contribution in [0.5, 0.6) is 0 Å². The first-order chi connectivity index (χ1) is 17.8. The third kappa shape index (κ3) is 2.67. The van der Waals surface area contributed by atoms with Gasteiger partial charge in [-0.15, -0.1) is 12.8 Å². The number of terminal acetylenes is 2. The number of hydrogen-bond donors (Lipinski definition) is 0. The summed E-state index contributed by atoms with van der Waals surface area (Å²) in [5, 5.41) is 2.37. The van der Waals surface area contributed by atoms with E-state index in [2.05, 4.69) is 81.6 Å². The summed E-state index contributed by atoms with van der Waals surface area (Å²) in [4.78, 5) is 0. The van der Waals surface area contributed by atoms with Crippen LogP contribution in [0.3, 0.4) is 0 Å². The first-order valence-corrected chi connectivity index (χ1v) is 12.0. The maximum absolute atomic E-state index is 5.94. The van der Waals surface area contributed by atoms with Crippen LogP contribution in [0.1, 0.15) is 45.5 Å². The molecule has 0 aliphatic heterocycles. The molecule has 4 heterocycles. The highest BCUT2D eigenvalue weighted by Gasteiger charge is 2.42. The molecule has 36 heavy (non-hydrogen) atoms. The van der Waals surface area contributed by atoms with Gasteiger partial charge in [0, 0.05) is 44.3 Å². The second kappa shape index (κ2) is 7.87. The van der Waals surface area contributed by atoms with Crippen molar-refractivity contribution < 1.29 is 8.83 Å². The van der Waals surface area contributed by atoms with Crippen LogP contribution in [-0.2, 0) is 13.1 Å². The third-order valence-corrected chi connectivity index (χ3v) is 7.48. The SMILES string of the molecule is C#CCn1c2c(c3ccccc31)C(c1ccoc1)c1c(c3ccccc3n1CC#C)C2c1ccoc1. The van der Waals surface area contributed by atoms with E-state index in [9.17, 15) is 0 Å². The number of para-hydroxylation sites is 2. The summed E-state index contributed by atoms with van der Waals surface area (Å²) in [5.41, 5.74) is 9.29. The maximum Gasteiger partial charge on any atom is 0.0944 e. The van der Waals surface area contributed by atoms with E-state index in [0.29, 0.717) is 13.1 Å². The van der Waals surface area contributed by atoms with Crippen molar-refractivity contribution in [2.45, 2.75) is 24.9 Å². The normalized spacial score (nSPS) is 16.5. The fourth-order valence-corrected chi connectivity index (χ4v) is 6.25. The molecule has 1 aliphatic rings. The van der Waals surface area contributed by atoms with E-state index >= 15 is 0 Å². The topological polar surface area (TPSA) is 36.1 Å². The molecule has 0 N–H and O–H groups in total. The summed E-state index contributed by atoms with van der Waals surface area (Å²) in [6.45, 7) is 0.946. The van der Waals surface area contributed by atoms with Gasteiger partial charge in [0.05, 0.1) is 50.0 Å². The molecule has 6 aromatic rings. The van der Waals surface area contributed by atoms with E-state index in [4.69, 9.17) is 21.7 Å². The quantitative estimate of drug-likeness (QED) is 0.270. The Morgan fingerprint density at radius 3 is 1.47 bits per heavy atom. The monoisotopic (exact) mass is 466 g/mol. The van der Waals surface area contributed by atoms with Gasteiger partial charge < -0.3 is 18.0 Å². The van der Waals surface area contributed by atoms with E-state index < -0.39 is 0 Å². The zero-order valence-electron chi connectivity index (χ0n) is 19.5. The molecule has 0 spiro atoms. The van der Waals surface area contributed by atoms with Crippen molar-refractivity contribution in [3.05, 3.63) is 119 Å². The Morgan fingerprint density at radius 1 is 0.639 bits per heavy atom. The van der Waals surface area contributed by atoms with Crippen molar-refractivity contribution in [2.24, 2.45) is 0 Å². The Labute approximate surface area is 208 Å². The van der Waals surface area contributed by atoms with Gasteiger partial charge in [0.2, 0.25) is 0 Å². The molecule has 2 atom stereocenters. The second-order valence-corrected chi connectivity index (χ2v) is 9.19. The van der Waals surface area contributed by atoms with Crippen molar-refractivity contribution in [2.75, 3.05) is 0 Å². The number of rotatable bonds is 4. The van der Waals surface area contributed by atoms with Crippen LogP contribution in [0.15, 0.2) is 94.6 Å². The maximum atomic E-state index is 5.94. The lowest BCUT2D eigenvalue weighted by molar-refractivity contribution is 0.559. The Hall–Kier alpha value is -4.80. The third-order valence-electron chi connectivity index (χ3n) is 7.48. The zero-order chi connectivity index (χ0) is 24.2. The Bertz CT molecular complexity index is 1680. The van der Waals surface area contributed by atoms with Crippen LogP contribution in [0.4, 0.5) is 0 Å². The summed E-state index contributed by atoms with van der Waals surface area (Å²) >= 11 is 0. The lowest BCUT2D eigenvalue weighted by Crippen LogP contribution is -2.23. The summed E-state index contributed by atoms with van der Waals surface area (Å²) in [5.74, 6) is 5.67. The molecule has 0 saturated carbocycles. The van der Waals surface area contributed by atoms with Crippen molar-refractivity contribution >= 4 is 21.8 Å². The van der Waals surface area contributed by atoms with E-state index in [1.54, 1.807) is 12.5 Å². The van der Waals surface area contributed by atoms with Gasteiger partial charge in [-0.25, -0.2) is 0 Å². The summed E-state index contributed by atoms with van der Waals surface area (Å²) < 4.78 is 15.9. The predicted molar refractivity (Wildman–Crippen MR) is 141 cm³/mol. The lowest BCUT2D eigenvalue weighted by atomic mass is 9.73. The molecule has 4 nitrogen and oxygen atoms in total. The van der Waals surface area contributed by atoms with Crippen LogP contribution in [-0.4, -0.2) is 9.13 Å². The van der Waals surface area contributed by atoms with Gasteiger partial charge in [-0.05, 0) is 35.4 Å². The average Bonchev–Trinajstić information content (AvgIpc) is 3.71. The number of hydrogen-bond acceptors (Lipinski definition) is 2. The number of benzene rings is 2. The second-order valence-electron chi connectivity index (χ2n) is 9.19. The fraction of sp³-hybridized carbons (Fsp3) is 0.125. The summed E-state index contributed by atoms with van der Waals surface area (Å²) in [6.07, 6.45) is 19.1. The van der Waals surface area contributed by atoms with E-state index in [-0.39, 0.29) is 11.8 Å². The molecule has 0 radical (unpaired) electrons. The van der Waals surface area contributed by atoms with Crippen LogP contribution in [0, 0.1) is 24.7 Å². The minimum atomic E-state index is -0.0680. The minimum Gasteiger partial charge on any atom is -0.472 e. The molecule has 2 aromatic carbocycles. The number of nitrogens with zero attached hydrogens (tertiary/aromatic N) is 2. The largest absolute Gasteiger partial charge is 0.472 e. The highest BCUT2D eigenvalue weighted by molar-refractivity contribution is 5.94. The Morgan fingerprint density at radius 2 is 1.08 bits per heavy atom. The van der Waals surface area contributed by atoms with Gasteiger partial charge >= 0.3 is 0 Å². The van der Waals surface area contributed by atoms with Gasteiger partial charge in [-0.3, -0.25) is 0 Å². The molecular formula is C32H22N2O2. The van der Waals surface area contributed by atoms with E-state index in [1.165, 1.54) is 33.3 Å². The molecular weight excluding hydrogens is 444 g/mol. The van der Waals surface area contributed by atoms with Gasteiger partial charge in [0.15, 0.2) is 0 Å². The molecule has 0 fully saturated rings. The first kappa shape index (κ1) is 20.6. The summed E-state index contributed by atoms with van der Waals surface area (Å²) in [6, 6.07) is 21.1. The minimum absolute atomic E-state index is 0.0680. The molecule has 7 rings (SSSR count). The number of aromatic nitrogens is 2. The molecule has 0 saturated heterocycles. The van der Waals surface area contributed by atoms with Crippen LogP contribution >= 0.6 is 0 Å². The van der Waals surface area contributed by atoms with Gasteiger partial charge in [0.1, 0.15) is 0 Å². The number of fused-ring (bicyclic) bond motifs is 6. The molecule has 4 heteroatoms. The number of furan rings is 2. The zero-order valence-corrected chi connectivity index (χ0v) is 19.5. The molecule has 4 aromatic heterocycles. The molecule has 1 aliphatic carbocycles. The highest BCUT2D eigenvalue weighted by atomic mass is 16.3. The van der Waals surface area contributed by atoms with Gasteiger partial charge in [-0.2, -0.15) is 0 Å². The van der Waals surface area contributed by atoms with Crippen molar-refractivity contribution in [1.82, 2.24) is 9.13 Å². The van der Waals surface area contributed by atoms with E-state index in [0.717, 1.165) is 22.2 Å². The average molecular weight is 467 g/mol. The molecule has 0 bridgehead atoms. The van der Waals surface area contributed by atoms with Crippen molar-refractivity contribution in [3.8, 4) is 24.7 Å². The molecule has 172 valence electrons.